The number of fused-ring (bicyclic) bond motifs is 5. The van der Waals surface area contributed by atoms with Gasteiger partial charge in [0.25, 0.3) is 0 Å². The predicted octanol–water partition coefficient (Wildman–Crippen LogP) is 0.711. The summed E-state index contributed by atoms with van der Waals surface area (Å²) >= 11 is 0. The summed E-state index contributed by atoms with van der Waals surface area (Å²) in [5.41, 5.74) is 0.145. The van der Waals surface area contributed by atoms with Crippen LogP contribution in [-0.4, -0.2) is 45.9 Å². The fourth-order valence-electron chi connectivity index (χ4n) is 8.98. The summed E-state index contributed by atoms with van der Waals surface area (Å²) < 4.78 is 0. The van der Waals surface area contributed by atoms with Crippen LogP contribution < -0.4 is 34.9 Å². The molecule has 0 aromatic heterocycles. The minimum absolute atomic E-state index is 0. The van der Waals surface area contributed by atoms with Crippen molar-refractivity contribution in [1.82, 2.24) is 5.32 Å². The zero-order valence-corrected chi connectivity index (χ0v) is 23.1. The molecule has 0 bridgehead atoms. The minimum Gasteiger partial charge on any atom is -1.00 e. The molecule has 0 spiro atoms. The number of amides is 1. The number of carbonyl (C=O) groups is 2. The van der Waals surface area contributed by atoms with E-state index in [0.29, 0.717) is 41.9 Å². The van der Waals surface area contributed by atoms with Crippen molar-refractivity contribution < 1.29 is 55.9 Å². The van der Waals surface area contributed by atoms with Crippen molar-refractivity contribution in [1.29, 1.82) is 0 Å². The van der Waals surface area contributed by atoms with Crippen LogP contribution in [0.5, 0.6) is 0 Å². The molecule has 10 atom stereocenters. The second kappa shape index (κ2) is 10.5. The monoisotopic (exact) mass is 473 g/mol. The Bertz CT molecular complexity index is 740. The summed E-state index contributed by atoms with van der Waals surface area (Å²) in [5.74, 6) is 1.84. The van der Waals surface area contributed by atoms with Crippen molar-refractivity contribution in [3.05, 3.63) is 0 Å². The minimum atomic E-state index is -1.02. The summed E-state index contributed by atoms with van der Waals surface area (Å²) in [6, 6.07) is 0. The molecule has 0 aliphatic heterocycles. The molecular formula is C26H44NNaO5. The Morgan fingerprint density at radius 2 is 1.79 bits per heavy atom. The van der Waals surface area contributed by atoms with Crippen LogP contribution in [0.25, 0.3) is 0 Å². The first kappa shape index (κ1) is 27.4. The van der Waals surface area contributed by atoms with Gasteiger partial charge in [0, 0.05) is 6.42 Å². The molecule has 184 valence electrons. The number of rotatable bonds is 6. The number of hydrogen-bond donors (Lipinski definition) is 4. The molecule has 0 aromatic rings. The Hall–Kier alpha value is -0.140. The molecule has 0 aromatic carbocycles. The van der Waals surface area contributed by atoms with E-state index >= 15 is 0 Å². The Labute approximate surface area is 222 Å². The summed E-state index contributed by atoms with van der Waals surface area (Å²) in [6.07, 6.45) is 9.12. The van der Waals surface area contributed by atoms with E-state index in [0.717, 1.165) is 44.9 Å². The molecule has 4 N–H and O–H groups in total. The van der Waals surface area contributed by atoms with Crippen molar-refractivity contribution in [2.75, 3.05) is 6.54 Å². The third-order valence-corrected chi connectivity index (χ3v) is 10.8. The van der Waals surface area contributed by atoms with E-state index in [-0.39, 0.29) is 66.5 Å². The van der Waals surface area contributed by atoms with Gasteiger partial charge >= 0.3 is 35.5 Å². The van der Waals surface area contributed by atoms with Crippen LogP contribution in [0.2, 0.25) is 0 Å². The van der Waals surface area contributed by atoms with Crippen LogP contribution >= 0.6 is 0 Å². The van der Waals surface area contributed by atoms with E-state index in [1.54, 1.807) is 0 Å². The molecule has 0 heterocycles. The average molecular weight is 474 g/mol. The number of nitrogens with one attached hydrogen (secondary N) is 1. The van der Waals surface area contributed by atoms with E-state index in [4.69, 9.17) is 5.11 Å². The Morgan fingerprint density at radius 3 is 2.48 bits per heavy atom. The van der Waals surface area contributed by atoms with Crippen LogP contribution in [0.3, 0.4) is 0 Å². The van der Waals surface area contributed by atoms with Gasteiger partial charge in [0.05, 0.1) is 12.2 Å². The first-order chi connectivity index (χ1) is 15.1. The molecule has 6 nitrogen and oxygen atoms in total. The molecule has 1 amide bonds. The van der Waals surface area contributed by atoms with Gasteiger partial charge in [-0.25, -0.2) is 0 Å². The van der Waals surface area contributed by atoms with Gasteiger partial charge in [-0.1, -0.05) is 20.8 Å². The van der Waals surface area contributed by atoms with Gasteiger partial charge < -0.3 is 22.1 Å². The Balaban J connectivity index is 0.00000204. The molecule has 0 unspecified atom stereocenters. The van der Waals surface area contributed by atoms with Gasteiger partial charge in [-0.3, -0.25) is 9.59 Å². The number of carboxylic acids is 1. The van der Waals surface area contributed by atoms with Gasteiger partial charge in [-0.05, 0) is 104 Å². The predicted molar refractivity (Wildman–Crippen MR) is 123 cm³/mol. The van der Waals surface area contributed by atoms with E-state index in [2.05, 4.69) is 26.1 Å². The summed E-state index contributed by atoms with van der Waals surface area (Å²) in [7, 11) is 0. The first-order valence-corrected chi connectivity index (χ1v) is 12.9. The van der Waals surface area contributed by atoms with Crippen molar-refractivity contribution >= 4 is 11.9 Å². The van der Waals surface area contributed by atoms with Gasteiger partial charge in [-0.15, -0.1) is 0 Å². The van der Waals surface area contributed by atoms with Gasteiger partial charge in [0.2, 0.25) is 5.91 Å². The number of aliphatic carboxylic acids is 1. The fraction of sp³-hybridized carbons (Fsp3) is 0.923. The average Bonchev–Trinajstić information content (AvgIpc) is 3.10. The normalized spacial score (nSPS) is 45.1. The molecule has 4 aliphatic carbocycles. The van der Waals surface area contributed by atoms with Gasteiger partial charge in [-0.2, -0.15) is 0 Å². The molecule has 7 heteroatoms. The fourth-order valence-corrected chi connectivity index (χ4v) is 8.98. The number of carbonyl (C=O) groups excluding carboxylic acids is 1. The van der Waals surface area contributed by atoms with Gasteiger partial charge in [0.1, 0.15) is 6.54 Å². The summed E-state index contributed by atoms with van der Waals surface area (Å²) in [6.45, 7) is 6.65. The summed E-state index contributed by atoms with van der Waals surface area (Å²) in [4.78, 5) is 22.7. The maximum Gasteiger partial charge on any atom is 1.00 e. The number of carboxylic acid groups (broad SMARTS) is 1. The first-order valence-electron chi connectivity index (χ1n) is 12.9. The number of aliphatic hydroxyl groups excluding tert-OH is 2. The van der Waals surface area contributed by atoms with Crippen molar-refractivity contribution in [2.24, 2.45) is 46.3 Å². The molecule has 0 saturated heterocycles. The van der Waals surface area contributed by atoms with Crippen LogP contribution in [0.15, 0.2) is 0 Å². The molecule has 0 radical (unpaired) electrons. The van der Waals surface area contributed by atoms with E-state index in [1.807, 2.05) is 0 Å². The molecule has 33 heavy (non-hydrogen) atoms. The van der Waals surface area contributed by atoms with E-state index in [9.17, 15) is 19.8 Å². The second-order valence-electron chi connectivity index (χ2n) is 12.1. The van der Waals surface area contributed by atoms with Crippen LogP contribution in [0.4, 0.5) is 0 Å². The number of aliphatic hydroxyl groups is 2. The molecule has 4 fully saturated rings. The second-order valence-corrected chi connectivity index (χ2v) is 12.1. The van der Waals surface area contributed by atoms with E-state index < -0.39 is 5.97 Å². The topological polar surface area (TPSA) is 107 Å². The van der Waals surface area contributed by atoms with Crippen LogP contribution in [0, 0.1) is 46.3 Å². The summed E-state index contributed by atoms with van der Waals surface area (Å²) in [5, 5.41) is 33.0. The standard InChI is InChI=1S/C26H43NO5.Na.H/c1-15(4-9-23(30)27-14-24(31)32)19-7-8-20-18-6-5-16-12-17(28)10-11-25(16,2)21(18)13-22(29)26(19,20)3;;/h15-22,28-29H,4-14H2,1-3H3,(H,27,30)(H,31,32);;/q;+1;-1/t15-,16-,17-,18+,19-,20+,21+,22+,25+,26-;;/m1../s1. The zero-order valence-electron chi connectivity index (χ0n) is 22.1. The quantitative estimate of drug-likeness (QED) is 0.425. The van der Waals surface area contributed by atoms with Crippen LogP contribution in [-0.2, 0) is 9.59 Å². The zero-order chi connectivity index (χ0) is 23.3. The Kier molecular flexibility index (Phi) is 8.70. The smallest absolute Gasteiger partial charge is 1.00 e. The largest absolute Gasteiger partial charge is 1.00 e. The van der Waals surface area contributed by atoms with Crippen LogP contribution in [0.1, 0.15) is 86.4 Å². The Morgan fingerprint density at radius 1 is 1.06 bits per heavy atom. The van der Waals surface area contributed by atoms with E-state index in [1.165, 1.54) is 12.8 Å². The third kappa shape index (κ3) is 4.94. The van der Waals surface area contributed by atoms with Crippen molar-refractivity contribution in [2.45, 2.75) is 97.2 Å². The molecule has 4 aliphatic rings. The van der Waals surface area contributed by atoms with Crippen molar-refractivity contribution in [3.63, 3.8) is 0 Å². The van der Waals surface area contributed by atoms with Crippen molar-refractivity contribution in [3.8, 4) is 0 Å². The maximum atomic E-state index is 12.0. The molecule has 4 rings (SSSR count). The third-order valence-electron chi connectivity index (χ3n) is 10.8. The SMILES string of the molecule is C[C@H](CCC(=O)NCC(=O)O)[C@H]1CC[C@H]2[C@@H]3CC[C@@H]4C[C@H](O)CC[C@]4(C)[C@H]3C[C@H](O)[C@]12C.[H-].[Na+]. The molecule has 4 saturated carbocycles. The number of hydrogen-bond acceptors (Lipinski definition) is 4. The maximum absolute atomic E-state index is 12.0. The molecular weight excluding hydrogens is 429 g/mol. The van der Waals surface area contributed by atoms with Gasteiger partial charge in [0.15, 0.2) is 0 Å².